The third-order valence-electron chi connectivity index (χ3n) is 2.89. The fourth-order valence-corrected chi connectivity index (χ4v) is 2.49. The highest BCUT2D eigenvalue weighted by atomic mass is 32.1. The van der Waals surface area contributed by atoms with Crippen molar-refractivity contribution < 1.29 is 9.59 Å². The largest absolute Gasteiger partial charge is 0.345 e. The summed E-state index contributed by atoms with van der Waals surface area (Å²) in [6.07, 6.45) is 0. The number of hydrogen-bond acceptors (Lipinski definition) is 4. The van der Waals surface area contributed by atoms with E-state index in [1.165, 1.54) is 23.8 Å². The molecule has 0 fully saturated rings. The standard InChI is InChI=1S/C15H17N3O2S/c1-9-4-6-12(7-5-9)13-8-21-15(17-13)18-14(20)10(2)16-11(3)19/h4-8,10H,1-3H3,(H,16,19)(H,17,18,20). The first-order valence-electron chi connectivity index (χ1n) is 6.56. The van der Waals surface area contributed by atoms with Gasteiger partial charge in [-0.15, -0.1) is 11.3 Å². The van der Waals surface area contributed by atoms with Crippen LogP contribution in [0.5, 0.6) is 0 Å². The van der Waals surface area contributed by atoms with Gasteiger partial charge in [0.25, 0.3) is 0 Å². The van der Waals surface area contributed by atoms with Gasteiger partial charge in [-0.05, 0) is 13.8 Å². The number of nitrogens with one attached hydrogen (secondary N) is 2. The number of hydrogen-bond donors (Lipinski definition) is 2. The van der Waals surface area contributed by atoms with E-state index in [2.05, 4.69) is 15.6 Å². The Labute approximate surface area is 127 Å². The maximum atomic E-state index is 11.9. The van der Waals surface area contributed by atoms with Crippen LogP contribution in [0.3, 0.4) is 0 Å². The Kier molecular flexibility index (Phi) is 4.70. The van der Waals surface area contributed by atoms with Crippen LogP contribution in [-0.2, 0) is 9.59 Å². The second-order valence-electron chi connectivity index (χ2n) is 4.82. The van der Waals surface area contributed by atoms with Gasteiger partial charge in [-0.25, -0.2) is 4.98 Å². The van der Waals surface area contributed by atoms with Crippen molar-refractivity contribution in [1.29, 1.82) is 0 Å². The molecule has 1 aromatic heterocycles. The van der Waals surface area contributed by atoms with Crippen LogP contribution in [0.1, 0.15) is 19.4 Å². The van der Waals surface area contributed by atoms with E-state index < -0.39 is 6.04 Å². The summed E-state index contributed by atoms with van der Waals surface area (Å²) in [7, 11) is 0. The van der Waals surface area contributed by atoms with Crippen molar-refractivity contribution in [2.24, 2.45) is 0 Å². The Balaban J connectivity index is 2.05. The molecule has 0 saturated heterocycles. The number of aromatic nitrogens is 1. The molecule has 21 heavy (non-hydrogen) atoms. The lowest BCUT2D eigenvalue weighted by Crippen LogP contribution is -2.40. The van der Waals surface area contributed by atoms with Crippen molar-refractivity contribution in [3.05, 3.63) is 35.2 Å². The summed E-state index contributed by atoms with van der Waals surface area (Å²) >= 11 is 1.36. The van der Waals surface area contributed by atoms with Gasteiger partial charge in [0, 0.05) is 17.9 Å². The molecule has 1 unspecified atom stereocenters. The second-order valence-corrected chi connectivity index (χ2v) is 5.67. The van der Waals surface area contributed by atoms with Crippen molar-refractivity contribution in [2.75, 3.05) is 5.32 Å². The summed E-state index contributed by atoms with van der Waals surface area (Å²) in [5.41, 5.74) is 3.02. The average Bonchev–Trinajstić information content (AvgIpc) is 2.87. The number of carbonyl (C=O) groups is 2. The van der Waals surface area contributed by atoms with Gasteiger partial charge in [0.05, 0.1) is 5.69 Å². The molecule has 2 aromatic rings. The fraction of sp³-hybridized carbons (Fsp3) is 0.267. The summed E-state index contributed by atoms with van der Waals surface area (Å²) in [5.74, 6) is -0.521. The van der Waals surface area contributed by atoms with Gasteiger partial charge in [0.1, 0.15) is 6.04 Å². The molecule has 6 heteroatoms. The van der Waals surface area contributed by atoms with E-state index >= 15 is 0 Å². The first-order valence-corrected chi connectivity index (χ1v) is 7.44. The minimum absolute atomic E-state index is 0.239. The van der Waals surface area contributed by atoms with Gasteiger partial charge in [-0.1, -0.05) is 29.8 Å². The quantitative estimate of drug-likeness (QED) is 0.912. The number of aryl methyl sites for hydroxylation is 1. The van der Waals surface area contributed by atoms with Crippen molar-refractivity contribution >= 4 is 28.3 Å². The van der Waals surface area contributed by atoms with E-state index in [1.54, 1.807) is 6.92 Å². The number of thiazole rings is 1. The lowest BCUT2D eigenvalue weighted by atomic mass is 10.1. The molecule has 2 N–H and O–H groups in total. The monoisotopic (exact) mass is 303 g/mol. The molecule has 2 rings (SSSR count). The zero-order chi connectivity index (χ0) is 15.4. The lowest BCUT2D eigenvalue weighted by Gasteiger charge is -2.10. The molecule has 5 nitrogen and oxygen atoms in total. The average molecular weight is 303 g/mol. The Morgan fingerprint density at radius 1 is 1.24 bits per heavy atom. The number of benzene rings is 1. The van der Waals surface area contributed by atoms with E-state index in [1.807, 2.05) is 36.6 Å². The molecule has 110 valence electrons. The van der Waals surface area contributed by atoms with Crippen LogP contribution in [0.4, 0.5) is 5.13 Å². The van der Waals surface area contributed by atoms with Crippen LogP contribution < -0.4 is 10.6 Å². The van der Waals surface area contributed by atoms with Crippen LogP contribution in [-0.4, -0.2) is 22.8 Å². The molecule has 1 atom stereocenters. The molecule has 0 aliphatic rings. The molecular formula is C15H17N3O2S. The maximum absolute atomic E-state index is 11.9. The molecule has 2 amide bonds. The van der Waals surface area contributed by atoms with Crippen LogP contribution in [0.2, 0.25) is 0 Å². The van der Waals surface area contributed by atoms with Gasteiger partial charge in [-0.2, -0.15) is 0 Å². The van der Waals surface area contributed by atoms with Crippen molar-refractivity contribution in [3.63, 3.8) is 0 Å². The highest BCUT2D eigenvalue weighted by molar-refractivity contribution is 7.14. The Bertz CT molecular complexity index is 649. The molecule has 0 aliphatic heterocycles. The summed E-state index contributed by atoms with van der Waals surface area (Å²) < 4.78 is 0. The molecular weight excluding hydrogens is 286 g/mol. The van der Waals surface area contributed by atoms with Gasteiger partial charge in [0.15, 0.2) is 5.13 Å². The number of rotatable bonds is 4. The third kappa shape index (κ3) is 4.13. The highest BCUT2D eigenvalue weighted by Crippen LogP contribution is 2.25. The maximum Gasteiger partial charge on any atom is 0.248 e. The van der Waals surface area contributed by atoms with Gasteiger partial charge in [0.2, 0.25) is 11.8 Å². The van der Waals surface area contributed by atoms with E-state index in [4.69, 9.17) is 0 Å². The molecule has 1 heterocycles. The number of amides is 2. The van der Waals surface area contributed by atoms with E-state index in [0.29, 0.717) is 5.13 Å². The predicted molar refractivity (Wildman–Crippen MR) is 84.2 cm³/mol. The van der Waals surface area contributed by atoms with Crippen LogP contribution in [0.15, 0.2) is 29.6 Å². The first-order chi connectivity index (χ1) is 9.95. The van der Waals surface area contributed by atoms with Gasteiger partial charge < -0.3 is 10.6 Å². The van der Waals surface area contributed by atoms with Crippen LogP contribution in [0, 0.1) is 6.92 Å². The SMILES string of the molecule is CC(=O)NC(C)C(=O)Nc1nc(-c2ccc(C)cc2)cs1. The Hall–Kier alpha value is -2.21. The normalized spacial score (nSPS) is 11.8. The summed E-state index contributed by atoms with van der Waals surface area (Å²) in [5, 5.41) is 7.65. The first kappa shape index (κ1) is 15.2. The smallest absolute Gasteiger partial charge is 0.248 e. The molecule has 0 radical (unpaired) electrons. The van der Waals surface area contributed by atoms with E-state index in [-0.39, 0.29) is 11.8 Å². The highest BCUT2D eigenvalue weighted by Gasteiger charge is 2.15. The fourth-order valence-electron chi connectivity index (χ4n) is 1.77. The van der Waals surface area contributed by atoms with Crippen molar-refractivity contribution in [1.82, 2.24) is 10.3 Å². The minimum Gasteiger partial charge on any atom is -0.345 e. The topological polar surface area (TPSA) is 71.1 Å². The number of nitrogens with zero attached hydrogens (tertiary/aromatic N) is 1. The third-order valence-corrected chi connectivity index (χ3v) is 3.65. The zero-order valence-corrected chi connectivity index (χ0v) is 13.0. The lowest BCUT2D eigenvalue weighted by molar-refractivity contribution is -0.124. The molecule has 0 spiro atoms. The molecule has 0 aliphatic carbocycles. The Morgan fingerprint density at radius 2 is 1.90 bits per heavy atom. The van der Waals surface area contributed by atoms with Gasteiger partial charge >= 0.3 is 0 Å². The summed E-state index contributed by atoms with van der Waals surface area (Å²) in [6, 6.07) is 7.44. The van der Waals surface area contributed by atoms with Crippen LogP contribution in [0.25, 0.3) is 11.3 Å². The summed E-state index contributed by atoms with van der Waals surface area (Å²) in [4.78, 5) is 27.2. The predicted octanol–water partition coefficient (Wildman–Crippen LogP) is 2.58. The van der Waals surface area contributed by atoms with Gasteiger partial charge in [-0.3, -0.25) is 9.59 Å². The minimum atomic E-state index is -0.589. The molecule has 1 aromatic carbocycles. The second kappa shape index (κ2) is 6.49. The van der Waals surface area contributed by atoms with Crippen molar-refractivity contribution in [3.8, 4) is 11.3 Å². The zero-order valence-electron chi connectivity index (χ0n) is 12.1. The number of carbonyl (C=O) groups excluding carboxylic acids is 2. The summed E-state index contributed by atoms with van der Waals surface area (Å²) in [6.45, 7) is 5.04. The van der Waals surface area contributed by atoms with E-state index in [0.717, 1.165) is 11.3 Å². The molecule has 0 bridgehead atoms. The molecule has 0 saturated carbocycles. The van der Waals surface area contributed by atoms with E-state index in [9.17, 15) is 9.59 Å². The van der Waals surface area contributed by atoms with Crippen LogP contribution >= 0.6 is 11.3 Å². The van der Waals surface area contributed by atoms with Crippen molar-refractivity contribution in [2.45, 2.75) is 26.8 Å². The Morgan fingerprint density at radius 3 is 2.52 bits per heavy atom. The number of anilines is 1.